The Balaban J connectivity index is 1.71. The molecule has 10 heteroatoms. The fourth-order valence-electron chi connectivity index (χ4n) is 2.98. The van der Waals surface area contributed by atoms with Gasteiger partial charge in [-0.2, -0.15) is 18.4 Å². The lowest BCUT2D eigenvalue weighted by Crippen LogP contribution is -2.49. The monoisotopic (exact) mass is 408 g/mol. The minimum atomic E-state index is -4.77. The minimum Gasteiger partial charge on any atom is -0.379 e. The molecular weight excluding hydrogens is 392 g/mol. The van der Waals surface area contributed by atoms with Crippen molar-refractivity contribution in [2.24, 2.45) is 0 Å². The third kappa shape index (κ3) is 4.47. The van der Waals surface area contributed by atoms with Crippen molar-refractivity contribution in [3.63, 3.8) is 0 Å². The maximum atomic E-state index is 13.3. The number of nitrogens with one attached hydrogen (secondary N) is 2. The minimum absolute atomic E-state index is 0.207. The molecule has 0 saturated heterocycles. The first kappa shape index (κ1) is 20.6. The number of halogens is 4. The zero-order chi connectivity index (χ0) is 21.4. The molecule has 6 nitrogen and oxygen atoms in total. The third-order valence-electron chi connectivity index (χ3n) is 4.40. The highest BCUT2D eigenvalue weighted by molar-refractivity contribution is 5.97. The van der Waals surface area contributed by atoms with Crippen LogP contribution in [0.2, 0.25) is 0 Å². The van der Waals surface area contributed by atoms with Crippen molar-refractivity contribution >= 4 is 17.3 Å². The first-order valence-electron chi connectivity index (χ1n) is 8.45. The second-order valence-corrected chi connectivity index (χ2v) is 6.87. The van der Waals surface area contributed by atoms with E-state index in [1.165, 1.54) is 36.2 Å². The zero-order valence-electron chi connectivity index (χ0n) is 15.1. The molecule has 3 rings (SSSR count). The van der Waals surface area contributed by atoms with Gasteiger partial charge in [0.25, 0.3) is 5.91 Å². The molecule has 0 fully saturated rings. The van der Waals surface area contributed by atoms with E-state index in [0.717, 1.165) is 12.1 Å². The van der Waals surface area contributed by atoms with Crippen LogP contribution in [0.25, 0.3) is 0 Å². The van der Waals surface area contributed by atoms with Gasteiger partial charge in [-0.05, 0) is 48.9 Å². The van der Waals surface area contributed by atoms with E-state index >= 15 is 0 Å². The van der Waals surface area contributed by atoms with Crippen LogP contribution in [0, 0.1) is 17.1 Å². The number of benzene rings is 2. The molecule has 1 amide bonds. The fourth-order valence-corrected chi connectivity index (χ4v) is 2.98. The Morgan fingerprint density at radius 3 is 2.69 bits per heavy atom. The van der Waals surface area contributed by atoms with Crippen LogP contribution in [0.3, 0.4) is 0 Å². The summed E-state index contributed by atoms with van der Waals surface area (Å²) in [6, 6.07) is 8.30. The summed E-state index contributed by atoms with van der Waals surface area (Å²) >= 11 is 0. The van der Waals surface area contributed by atoms with Crippen molar-refractivity contribution < 1.29 is 27.5 Å². The Bertz CT molecular complexity index is 999. The summed E-state index contributed by atoms with van der Waals surface area (Å²) in [6.45, 7) is 1.23. The summed E-state index contributed by atoms with van der Waals surface area (Å²) in [5, 5.41) is 23.1. The molecule has 0 spiro atoms. The van der Waals surface area contributed by atoms with E-state index in [1.807, 2.05) is 0 Å². The van der Waals surface area contributed by atoms with Gasteiger partial charge in [0.1, 0.15) is 5.82 Å². The van der Waals surface area contributed by atoms with Gasteiger partial charge < -0.3 is 15.8 Å². The number of hydrogen-bond donors (Lipinski definition) is 3. The molecule has 1 atom stereocenters. The number of β-amino-alcohol motifs (C(OH)–C–C–N with tert-alkyl or cyclic N) is 1. The number of aliphatic hydroxyl groups is 1. The number of carbonyl (C=O) groups is 1. The average Bonchev–Trinajstić information content (AvgIpc) is 3.01. The number of amides is 1. The van der Waals surface area contributed by atoms with E-state index in [9.17, 15) is 27.5 Å². The number of hydrogen-bond acceptors (Lipinski definition) is 5. The third-order valence-corrected chi connectivity index (χ3v) is 4.40. The number of alkyl halides is 3. The molecule has 0 saturated carbocycles. The predicted octanol–water partition coefficient (Wildman–Crippen LogP) is 3.25. The SMILES string of the molecule is CC(O)(CN1Cc2cc(F)ccc2N1)C(=O)Nc1ccc(C#N)c(C(F)(F)F)c1. The van der Waals surface area contributed by atoms with Gasteiger partial charge >= 0.3 is 6.18 Å². The standard InChI is InChI=1S/C19H16F4N4O2/c1-18(29,10-27-9-12-6-13(20)3-5-16(12)26-27)17(28)25-14-4-2-11(8-24)15(7-14)19(21,22)23/h2-7,26,29H,9-10H2,1H3,(H,25,28). The van der Waals surface area contributed by atoms with E-state index in [2.05, 4.69) is 10.7 Å². The van der Waals surface area contributed by atoms with Crippen LogP contribution in [0.15, 0.2) is 36.4 Å². The van der Waals surface area contributed by atoms with E-state index in [-0.39, 0.29) is 18.8 Å². The van der Waals surface area contributed by atoms with Crippen molar-refractivity contribution in [2.75, 3.05) is 17.3 Å². The molecule has 1 aliphatic rings. The Morgan fingerprint density at radius 1 is 1.31 bits per heavy atom. The Kier molecular flexibility index (Phi) is 5.21. The van der Waals surface area contributed by atoms with Crippen LogP contribution < -0.4 is 10.7 Å². The molecule has 2 aromatic rings. The molecular formula is C19H16F4N4O2. The summed E-state index contributed by atoms with van der Waals surface area (Å²) < 4.78 is 52.5. The normalized spacial score (nSPS) is 15.8. The average molecular weight is 408 g/mol. The number of rotatable bonds is 4. The predicted molar refractivity (Wildman–Crippen MR) is 95.8 cm³/mol. The summed E-state index contributed by atoms with van der Waals surface area (Å²) in [4.78, 5) is 12.4. The molecule has 0 aromatic heterocycles. The van der Waals surface area contributed by atoms with E-state index in [4.69, 9.17) is 5.26 Å². The zero-order valence-corrected chi connectivity index (χ0v) is 15.1. The maximum absolute atomic E-state index is 13.3. The lowest BCUT2D eigenvalue weighted by molar-refractivity contribution is -0.138. The van der Waals surface area contributed by atoms with Gasteiger partial charge in [0.2, 0.25) is 0 Å². The van der Waals surface area contributed by atoms with Crippen LogP contribution in [0.4, 0.5) is 28.9 Å². The molecule has 1 unspecified atom stereocenters. The number of nitriles is 1. The Morgan fingerprint density at radius 2 is 2.03 bits per heavy atom. The number of anilines is 2. The van der Waals surface area contributed by atoms with Crippen LogP contribution in [0.5, 0.6) is 0 Å². The number of nitrogens with zero attached hydrogens (tertiary/aromatic N) is 2. The molecule has 0 aliphatic carbocycles. The van der Waals surface area contributed by atoms with Gasteiger partial charge in [0.15, 0.2) is 5.60 Å². The lowest BCUT2D eigenvalue weighted by atomic mass is 10.0. The lowest BCUT2D eigenvalue weighted by Gasteiger charge is -2.28. The Hall–Kier alpha value is -3.16. The van der Waals surface area contributed by atoms with Gasteiger partial charge in [-0.25, -0.2) is 9.40 Å². The van der Waals surface area contributed by atoms with Gasteiger partial charge in [-0.3, -0.25) is 4.79 Å². The van der Waals surface area contributed by atoms with Crippen molar-refractivity contribution in [1.82, 2.24) is 5.01 Å². The fraction of sp³-hybridized carbons (Fsp3) is 0.263. The quantitative estimate of drug-likeness (QED) is 0.676. The molecule has 0 bridgehead atoms. The summed E-state index contributed by atoms with van der Waals surface area (Å²) in [7, 11) is 0. The van der Waals surface area contributed by atoms with Crippen LogP contribution in [-0.4, -0.2) is 28.2 Å². The highest BCUT2D eigenvalue weighted by atomic mass is 19.4. The molecule has 29 heavy (non-hydrogen) atoms. The topological polar surface area (TPSA) is 88.4 Å². The largest absolute Gasteiger partial charge is 0.417 e. The van der Waals surface area contributed by atoms with Crippen molar-refractivity contribution in [3.8, 4) is 6.07 Å². The molecule has 152 valence electrons. The van der Waals surface area contributed by atoms with Crippen molar-refractivity contribution in [2.45, 2.75) is 25.2 Å². The van der Waals surface area contributed by atoms with Crippen LogP contribution >= 0.6 is 0 Å². The molecule has 1 aliphatic heterocycles. The first-order chi connectivity index (χ1) is 13.5. The second-order valence-electron chi connectivity index (χ2n) is 6.87. The highest BCUT2D eigenvalue weighted by Gasteiger charge is 2.36. The molecule has 3 N–H and O–H groups in total. The summed E-state index contributed by atoms with van der Waals surface area (Å²) in [6.07, 6.45) is -4.77. The van der Waals surface area contributed by atoms with Crippen LogP contribution in [-0.2, 0) is 17.5 Å². The number of fused-ring (bicyclic) bond motifs is 1. The van der Waals surface area contributed by atoms with E-state index in [1.54, 1.807) is 0 Å². The number of carbonyl (C=O) groups excluding carboxylic acids is 1. The van der Waals surface area contributed by atoms with Crippen LogP contribution in [0.1, 0.15) is 23.6 Å². The van der Waals surface area contributed by atoms with Gasteiger partial charge in [-0.15, -0.1) is 0 Å². The number of hydrazine groups is 1. The van der Waals surface area contributed by atoms with Gasteiger partial charge in [0, 0.05) is 12.2 Å². The van der Waals surface area contributed by atoms with Crippen molar-refractivity contribution in [1.29, 1.82) is 5.26 Å². The van der Waals surface area contributed by atoms with E-state index < -0.39 is 34.6 Å². The maximum Gasteiger partial charge on any atom is 0.417 e. The van der Waals surface area contributed by atoms with E-state index in [0.29, 0.717) is 17.3 Å². The summed E-state index contributed by atoms with van der Waals surface area (Å²) in [5.41, 5.74) is 0.254. The van der Waals surface area contributed by atoms with Crippen molar-refractivity contribution in [3.05, 3.63) is 58.9 Å². The highest BCUT2D eigenvalue weighted by Crippen LogP contribution is 2.34. The first-order valence-corrected chi connectivity index (χ1v) is 8.45. The summed E-state index contributed by atoms with van der Waals surface area (Å²) in [5.74, 6) is -1.35. The molecule has 2 aromatic carbocycles. The molecule has 0 radical (unpaired) electrons. The smallest absolute Gasteiger partial charge is 0.379 e. The second kappa shape index (κ2) is 7.35. The van der Waals surface area contributed by atoms with Gasteiger partial charge in [0.05, 0.1) is 29.4 Å². The Labute approximate surface area is 163 Å². The van der Waals surface area contributed by atoms with Gasteiger partial charge in [-0.1, -0.05) is 0 Å². The molecule has 1 heterocycles.